The van der Waals surface area contributed by atoms with E-state index in [4.69, 9.17) is 52.1 Å². The standard InChI is InChI=1S/C62H66O11/c1-63-61-59(69-42-51-33-19-7-20-34-51)57(67-40-49-29-15-5-16-30-49)56(66-39-48-27-13-4-14-28-48)54(72-61)45-71-62-60(70-43-52-35-21-8-22-36-52)58(68-41-50-31-17-6-18-32-50)55(65-38-47-25-11-3-12-26-47)53(73-62)44-64-37-46-23-9-2-10-24-46/h2-36,53-62H,37-45H2,1H3/t53-,54-,55+,56-,57+,58+,59+,60-,61+,62?/m1/s1. The molecule has 2 aliphatic rings. The highest BCUT2D eigenvalue weighted by Crippen LogP contribution is 2.35. The highest BCUT2D eigenvalue weighted by molar-refractivity contribution is 5.19. The number of rotatable bonds is 26. The second-order valence-electron chi connectivity index (χ2n) is 18.2. The first-order chi connectivity index (χ1) is 36.2. The lowest BCUT2D eigenvalue weighted by Crippen LogP contribution is -2.64. The van der Waals surface area contributed by atoms with Gasteiger partial charge in [0.05, 0.1) is 59.5 Å². The van der Waals surface area contributed by atoms with Crippen molar-refractivity contribution in [3.8, 4) is 0 Å². The summed E-state index contributed by atoms with van der Waals surface area (Å²) in [5.41, 5.74) is 7.00. The van der Waals surface area contributed by atoms with E-state index in [-0.39, 0.29) is 33.0 Å². The molecule has 10 atom stereocenters. The molecule has 7 aromatic carbocycles. The summed E-state index contributed by atoms with van der Waals surface area (Å²) in [5.74, 6) is 0. The van der Waals surface area contributed by atoms with E-state index in [1.54, 1.807) is 7.11 Å². The smallest absolute Gasteiger partial charge is 0.187 e. The van der Waals surface area contributed by atoms with Crippen LogP contribution in [0.4, 0.5) is 0 Å². The molecule has 2 aliphatic heterocycles. The minimum Gasteiger partial charge on any atom is -0.374 e. The minimum absolute atomic E-state index is 0.00960. The van der Waals surface area contributed by atoms with Crippen LogP contribution in [0, 0.1) is 0 Å². The Hall–Kier alpha value is -5.90. The first kappa shape index (κ1) is 52.0. The van der Waals surface area contributed by atoms with Crippen LogP contribution in [0.1, 0.15) is 38.9 Å². The zero-order chi connectivity index (χ0) is 49.7. The van der Waals surface area contributed by atoms with Gasteiger partial charge in [0.15, 0.2) is 12.6 Å². The molecule has 0 radical (unpaired) electrons. The number of hydrogen-bond acceptors (Lipinski definition) is 11. The van der Waals surface area contributed by atoms with Gasteiger partial charge in [-0.15, -0.1) is 0 Å². The van der Waals surface area contributed by atoms with E-state index in [0.717, 1.165) is 38.9 Å². The van der Waals surface area contributed by atoms with Gasteiger partial charge in [0.2, 0.25) is 0 Å². The van der Waals surface area contributed by atoms with Gasteiger partial charge in [-0.25, -0.2) is 0 Å². The van der Waals surface area contributed by atoms with Crippen LogP contribution in [0.25, 0.3) is 0 Å². The summed E-state index contributed by atoms with van der Waals surface area (Å²) in [6.45, 7) is 2.25. The Labute approximate surface area is 429 Å². The van der Waals surface area contributed by atoms with Gasteiger partial charge < -0.3 is 52.1 Å². The van der Waals surface area contributed by atoms with Crippen molar-refractivity contribution in [2.24, 2.45) is 0 Å². The SMILES string of the molecule is CO[C@H]1O[C@H](COC2O[C@H](COCc3ccccc3)[C@H](OCc3ccccc3)[C@H](OCc3ccccc3)[C@H]2OCc2ccccc2)[C@@H](OCc2ccccc2)[C@H](OCc2ccccc2)[C@@H]1OCc1ccccc1. The molecule has 2 heterocycles. The van der Waals surface area contributed by atoms with Crippen molar-refractivity contribution in [1.82, 2.24) is 0 Å². The van der Waals surface area contributed by atoms with E-state index < -0.39 is 61.4 Å². The molecule has 0 spiro atoms. The molecule has 0 bridgehead atoms. The van der Waals surface area contributed by atoms with Gasteiger partial charge >= 0.3 is 0 Å². The van der Waals surface area contributed by atoms with Crippen molar-refractivity contribution in [2.75, 3.05) is 20.3 Å². The van der Waals surface area contributed by atoms with Crippen molar-refractivity contribution in [3.63, 3.8) is 0 Å². The zero-order valence-electron chi connectivity index (χ0n) is 41.3. The summed E-state index contributed by atoms with van der Waals surface area (Å²) in [4.78, 5) is 0. The fraction of sp³-hybridized carbons (Fsp3) is 0.323. The summed E-state index contributed by atoms with van der Waals surface area (Å²) in [6.07, 6.45) is -7.47. The molecule has 11 nitrogen and oxygen atoms in total. The van der Waals surface area contributed by atoms with Crippen LogP contribution in [0.2, 0.25) is 0 Å². The largest absolute Gasteiger partial charge is 0.374 e. The number of hydrogen-bond donors (Lipinski definition) is 0. The summed E-state index contributed by atoms with van der Waals surface area (Å²) >= 11 is 0. The Morgan fingerprint density at radius 1 is 0.274 bits per heavy atom. The summed E-state index contributed by atoms with van der Waals surface area (Å²) in [5, 5.41) is 0. The highest BCUT2D eigenvalue weighted by atomic mass is 16.7. The maximum absolute atomic E-state index is 7.10. The van der Waals surface area contributed by atoms with Gasteiger partial charge in [0.1, 0.15) is 48.8 Å². The highest BCUT2D eigenvalue weighted by Gasteiger charge is 2.52. The number of ether oxygens (including phenoxy) is 11. The predicted octanol–water partition coefficient (Wildman–Crippen LogP) is 10.8. The fourth-order valence-electron chi connectivity index (χ4n) is 9.14. The summed E-state index contributed by atoms with van der Waals surface area (Å²) in [6, 6.07) is 70.4. The first-order valence-corrected chi connectivity index (χ1v) is 25.2. The van der Waals surface area contributed by atoms with Crippen LogP contribution < -0.4 is 0 Å². The van der Waals surface area contributed by atoms with Crippen molar-refractivity contribution in [1.29, 1.82) is 0 Å². The van der Waals surface area contributed by atoms with Gasteiger partial charge in [0, 0.05) is 7.11 Å². The molecule has 9 rings (SSSR count). The third-order valence-electron chi connectivity index (χ3n) is 12.9. The molecule has 0 saturated carbocycles. The van der Waals surface area contributed by atoms with E-state index >= 15 is 0 Å². The van der Waals surface area contributed by atoms with Crippen LogP contribution in [0.15, 0.2) is 212 Å². The van der Waals surface area contributed by atoms with Crippen LogP contribution in [-0.4, -0.2) is 81.7 Å². The lowest BCUT2D eigenvalue weighted by atomic mass is 9.96. The average Bonchev–Trinajstić information content (AvgIpc) is 3.45. The van der Waals surface area contributed by atoms with Crippen LogP contribution >= 0.6 is 0 Å². The molecule has 0 aliphatic carbocycles. The lowest BCUT2D eigenvalue weighted by Gasteiger charge is -2.48. The van der Waals surface area contributed by atoms with E-state index in [1.807, 2.05) is 212 Å². The van der Waals surface area contributed by atoms with Crippen molar-refractivity contribution >= 4 is 0 Å². The minimum atomic E-state index is -0.999. The first-order valence-electron chi connectivity index (χ1n) is 25.2. The topological polar surface area (TPSA) is 102 Å². The molecule has 2 saturated heterocycles. The van der Waals surface area contributed by atoms with Crippen LogP contribution in [-0.2, 0) is 98.4 Å². The molecule has 2 fully saturated rings. The van der Waals surface area contributed by atoms with Gasteiger partial charge in [-0.05, 0) is 38.9 Å². The molecule has 380 valence electrons. The maximum atomic E-state index is 7.10. The van der Waals surface area contributed by atoms with Gasteiger partial charge in [-0.1, -0.05) is 212 Å². The summed E-state index contributed by atoms with van der Waals surface area (Å²) < 4.78 is 75.2. The Morgan fingerprint density at radius 3 is 0.863 bits per heavy atom. The third-order valence-corrected chi connectivity index (χ3v) is 12.9. The van der Waals surface area contributed by atoms with Crippen molar-refractivity contribution in [2.45, 2.75) is 108 Å². The second-order valence-corrected chi connectivity index (χ2v) is 18.2. The van der Waals surface area contributed by atoms with Gasteiger partial charge in [-0.3, -0.25) is 0 Å². The fourth-order valence-corrected chi connectivity index (χ4v) is 9.14. The molecule has 0 aromatic heterocycles. The van der Waals surface area contributed by atoms with E-state index in [9.17, 15) is 0 Å². The molecule has 1 unspecified atom stereocenters. The normalized spacial score (nSPS) is 24.0. The molecule has 0 amide bonds. The Bertz CT molecular complexity index is 2560. The van der Waals surface area contributed by atoms with Crippen LogP contribution in [0.5, 0.6) is 0 Å². The monoisotopic (exact) mass is 986 g/mol. The molecule has 73 heavy (non-hydrogen) atoms. The molecule has 0 N–H and O–H groups in total. The zero-order valence-corrected chi connectivity index (χ0v) is 41.3. The quantitative estimate of drug-likeness (QED) is 0.0518. The van der Waals surface area contributed by atoms with E-state index in [2.05, 4.69) is 0 Å². The average molecular weight is 987 g/mol. The lowest BCUT2D eigenvalue weighted by molar-refractivity contribution is -0.351. The third kappa shape index (κ3) is 15.3. The van der Waals surface area contributed by atoms with Crippen molar-refractivity contribution in [3.05, 3.63) is 251 Å². The summed E-state index contributed by atoms with van der Waals surface area (Å²) in [7, 11) is 1.61. The Morgan fingerprint density at radius 2 is 0.534 bits per heavy atom. The Balaban J connectivity index is 1.05. The number of methoxy groups -OCH3 is 1. The maximum Gasteiger partial charge on any atom is 0.187 e. The van der Waals surface area contributed by atoms with Gasteiger partial charge in [0.25, 0.3) is 0 Å². The van der Waals surface area contributed by atoms with E-state index in [1.165, 1.54) is 0 Å². The van der Waals surface area contributed by atoms with Crippen molar-refractivity contribution < 1.29 is 52.1 Å². The molecule has 11 heteroatoms. The molecule has 7 aromatic rings. The Kier molecular flexibility index (Phi) is 19.9. The molecular formula is C62H66O11. The second kappa shape index (κ2) is 28.0. The molecular weight excluding hydrogens is 921 g/mol. The predicted molar refractivity (Wildman–Crippen MR) is 276 cm³/mol. The van der Waals surface area contributed by atoms with Gasteiger partial charge in [-0.2, -0.15) is 0 Å². The number of benzene rings is 7. The van der Waals surface area contributed by atoms with Crippen LogP contribution in [0.3, 0.4) is 0 Å². The van der Waals surface area contributed by atoms with E-state index in [0.29, 0.717) is 26.4 Å².